The molecule has 0 radical (unpaired) electrons. The van der Waals surface area contributed by atoms with E-state index in [0.29, 0.717) is 5.56 Å². The molecule has 14 heavy (non-hydrogen) atoms. The summed E-state index contributed by atoms with van der Waals surface area (Å²) in [5.41, 5.74) is 7.04. The number of aromatic nitrogens is 2. The van der Waals surface area contributed by atoms with Crippen molar-refractivity contribution < 1.29 is 0 Å². The quantitative estimate of drug-likeness (QED) is 0.721. The van der Waals surface area contributed by atoms with Gasteiger partial charge in [-0.1, -0.05) is 0 Å². The lowest BCUT2D eigenvalue weighted by molar-refractivity contribution is 0.923. The zero-order chi connectivity index (χ0) is 9.97. The van der Waals surface area contributed by atoms with Crippen molar-refractivity contribution in [3.8, 4) is 6.07 Å². The molecule has 0 aliphatic carbocycles. The molecule has 0 aliphatic rings. The van der Waals surface area contributed by atoms with Crippen LogP contribution in [0.25, 0.3) is 10.9 Å². The summed E-state index contributed by atoms with van der Waals surface area (Å²) in [6.45, 7) is 0. The molecule has 0 spiro atoms. The molecule has 0 fully saturated rings. The van der Waals surface area contributed by atoms with Crippen LogP contribution >= 0.6 is 0 Å². The molecule has 1 atom stereocenters. The highest BCUT2D eigenvalue weighted by Gasteiger charge is 2.09. The fourth-order valence-corrected chi connectivity index (χ4v) is 1.32. The number of nitrogens with two attached hydrogens (primary N) is 1. The lowest BCUT2D eigenvalue weighted by atomic mass is 10.1. The van der Waals surface area contributed by atoms with E-state index in [9.17, 15) is 0 Å². The van der Waals surface area contributed by atoms with E-state index in [1.54, 1.807) is 18.6 Å². The van der Waals surface area contributed by atoms with E-state index in [2.05, 4.69) is 9.97 Å². The van der Waals surface area contributed by atoms with Crippen molar-refractivity contribution in [2.24, 2.45) is 5.73 Å². The molecule has 2 aromatic heterocycles. The maximum Gasteiger partial charge on any atom is 0.122 e. The predicted molar refractivity (Wildman–Crippen MR) is 52.1 cm³/mol. The molecule has 0 aromatic carbocycles. The Bertz CT molecular complexity index is 495. The first-order valence-corrected chi connectivity index (χ1v) is 4.17. The van der Waals surface area contributed by atoms with Gasteiger partial charge in [-0.3, -0.25) is 9.97 Å². The highest BCUT2D eigenvalue weighted by atomic mass is 14.7. The van der Waals surface area contributed by atoms with Gasteiger partial charge in [0.05, 0.1) is 11.6 Å². The normalized spacial score (nSPS) is 12.3. The molecule has 68 valence electrons. The Kier molecular flexibility index (Phi) is 2.09. The first-order chi connectivity index (χ1) is 6.83. The third kappa shape index (κ3) is 1.30. The van der Waals surface area contributed by atoms with Crippen LogP contribution in [-0.4, -0.2) is 9.97 Å². The van der Waals surface area contributed by atoms with Crippen LogP contribution in [0, 0.1) is 11.3 Å². The molecule has 2 rings (SSSR count). The van der Waals surface area contributed by atoms with Gasteiger partial charge in [-0.05, 0) is 12.1 Å². The predicted octanol–water partition coefficient (Wildman–Crippen LogP) is 1.15. The largest absolute Gasteiger partial charge is 0.312 e. The summed E-state index contributed by atoms with van der Waals surface area (Å²) >= 11 is 0. The fraction of sp³-hybridized carbons (Fsp3) is 0.100. The summed E-state index contributed by atoms with van der Waals surface area (Å²) in [6, 6.07) is 5.02. The number of pyridine rings is 2. The van der Waals surface area contributed by atoms with Gasteiger partial charge in [-0.25, -0.2) is 0 Å². The second kappa shape index (κ2) is 3.40. The molecular weight excluding hydrogens is 176 g/mol. The van der Waals surface area contributed by atoms with Crippen molar-refractivity contribution in [1.29, 1.82) is 5.26 Å². The first kappa shape index (κ1) is 8.60. The van der Waals surface area contributed by atoms with E-state index in [0.717, 1.165) is 10.9 Å². The molecule has 0 aliphatic heterocycles. The summed E-state index contributed by atoms with van der Waals surface area (Å²) < 4.78 is 0. The van der Waals surface area contributed by atoms with E-state index in [4.69, 9.17) is 11.0 Å². The highest BCUT2D eigenvalue weighted by Crippen LogP contribution is 2.18. The zero-order valence-corrected chi connectivity index (χ0v) is 7.38. The Morgan fingerprint density at radius 3 is 3.07 bits per heavy atom. The van der Waals surface area contributed by atoms with E-state index in [1.807, 2.05) is 18.2 Å². The van der Waals surface area contributed by atoms with Crippen molar-refractivity contribution >= 4 is 10.9 Å². The third-order valence-electron chi connectivity index (χ3n) is 2.01. The molecule has 4 heteroatoms. The van der Waals surface area contributed by atoms with Gasteiger partial charge >= 0.3 is 0 Å². The summed E-state index contributed by atoms with van der Waals surface area (Å²) in [7, 11) is 0. The second-order valence-electron chi connectivity index (χ2n) is 2.91. The third-order valence-corrected chi connectivity index (χ3v) is 2.01. The van der Waals surface area contributed by atoms with Crippen LogP contribution in [-0.2, 0) is 0 Å². The molecule has 0 saturated carbocycles. The van der Waals surface area contributed by atoms with Crippen LogP contribution < -0.4 is 5.73 Å². The minimum absolute atomic E-state index is 0.666. The Morgan fingerprint density at radius 1 is 1.43 bits per heavy atom. The molecule has 2 aromatic rings. The highest BCUT2D eigenvalue weighted by molar-refractivity contribution is 5.81. The number of hydrogen-bond donors (Lipinski definition) is 1. The summed E-state index contributed by atoms with van der Waals surface area (Å²) in [5, 5.41) is 9.62. The van der Waals surface area contributed by atoms with Gasteiger partial charge in [0.25, 0.3) is 0 Å². The molecule has 4 nitrogen and oxygen atoms in total. The fourth-order valence-electron chi connectivity index (χ4n) is 1.32. The Hall–Kier alpha value is -1.99. The number of fused-ring (bicyclic) bond motifs is 1. The van der Waals surface area contributed by atoms with E-state index in [-0.39, 0.29) is 0 Å². The van der Waals surface area contributed by atoms with Crippen molar-refractivity contribution in [1.82, 2.24) is 9.97 Å². The van der Waals surface area contributed by atoms with Gasteiger partial charge in [-0.15, -0.1) is 0 Å². The van der Waals surface area contributed by atoms with Crippen LogP contribution in [0.4, 0.5) is 0 Å². The van der Waals surface area contributed by atoms with E-state index < -0.39 is 6.04 Å². The van der Waals surface area contributed by atoms with Crippen LogP contribution in [0.2, 0.25) is 0 Å². The van der Waals surface area contributed by atoms with Gasteiger partial charge in [-0.2, -0.15) is 5.26 Å². The van der Waals surface area contributed by atoms with Crippen LogP contribution in [0.5, 0.6) is 0 Å². The summed E-state index contributed by atoms with van der Waals surface area (Å²) in [4.78, 5) is 8.19. The maximum absolute atomic E-state index is 8.72. The lowest BCUT2D eigenvalue weighted by Gasteiger charge is -2.05. The molecule has 1 unspecified atom stereocenters. The van der Waals surface area contributed by atoms with Crippen molar-refractivity contribution in [3.05, 3.63) is 36.3 Å². The molecule has 0 saturated heterocycles. The Labute approximate surface area is 81.0 Å². The van der Waals surface area contributed by atoms with Gasteiger partial charge in [0.2, 0.25) is 0 Å². The number of nitriles is 1. The molecule has 0 amide bonds. The number of hydrogen-bond acceptors (Lipinski definition) is 4. The number of rotatable bonds is 1. The Morgan fingerprint density at radius 2 is 2.29 bits per heavy atom. The van der Waals surface area contributed by atoms with E-state index in [1.165, 1.54) is 0 Å². The first-order valence-electron chi connectivity index (χ1n) is 4.17. The minimum atomic E-state index is -0.666. The summed E-state index contributed by atoms with van der Waals surface area (Å²) in [5.74, 6) is 0. The molecule has 0 bridgehead atoms. The maximum atomic E-state index is 8.72. The van der Waals surface area contributed by atoms with Crippen LogP contribution in [0.3, 0.4) is 0 Å². The smallest absolute Gasteiger partial charge is 0.122 e. The van der Waals surface area contributed by atoms with Gasteiger partial charge in [0.1, 0.15) is 6.04 Å². The average molecular weight is 184 g/mol. The van der Waals surface area contributed by atoms with Gasteiger partial charge in [0.15, 0.2) is 0 Å². The summed E-state index contributed by atoms with van der Waals surface area (Å²) in [6.07, 6.45) is 4.97. The average Bonchev–Trinajstić information content (AvgIpc) is 2.27. The standard InChI is InChI=1S/C10H8N4/c11-4-9(12)8-6-13-5-7-2-1-3-14-10(7)8/h1-3,5-6,9H,12H2. The van der Waals surface area contributed by atoms with Crippen LogP contribution in [0.1, 0.15) is 11.6 Å². The molecule has 2 N–H and O–H groups in total. The topological polar surface area (TPSA) is 75.6 Å². The molecular formula is C10H8N4. The second-order valence-corrected chi connectivity index (χ2v) is 2.91. The minimum Gasteiger partial charge on any atom is -0.312 e. The van der Waals surface area contributed by atoms with Crippen molar-refractivity contribution in [3.63, 3.8) is 0 Å². The monoisotopic (exact) mass is 184 g/mol. The van der Waals surface area contributed by atoms with Crippen molar-refractivity contribution in [2.45, 2.75) is 6.04 Å². The van der Waals surface area contributed by atoms with E-state index >= 15 is 0 Å². The van der Waals surface area contributed by atoms with Crippen LogP contribution in [0.15, 0.2) is 30.7 Å². The Balaban J connectivity index is 2.72. The zero-order valence-electron chi connectivity index (χ0n) is 7.38. The van der Waals surface area contributed by atoms with Gasteiger partial charge in [0, 0.05) is 29.5 Å². The van der Waals surface area contributed by atoms with Crippen molar-refractivity contribution in [2.75, 3.05) is 0 Å². The number of nitrogens with zero attached hydrogens (tertiary/aromatic N) is 3. The lowest BCUT2D eigenvalue weighted by Crippen LogP contribution is -2.08. The SMILES string of the molecule is N#CC(N)c1cncc2cccnc12. The molecule has 2 heterocycles. The van der Waals surface area contributed by atoms with Gasteiger partial charge < -0.3 is 5.73 Å².